The first-order chi connectivity index (χ1) is 7.93. The molecule has 4 N–H and O–H groups in total. The summed E-state index contributed by atoms with van der Waals surface area (Å²) in [6.45, 7) is 5.51. The number of anilines is 1. The minimum absolute atomic E-state index is 0.0326. The molecule has 0 atom stereocenters. The molecule has 0 saturated heterocycles. The van der Waals surface area contributed by atoms with E-state index >= 15 is 0 Å². The Kier molecular flexibility index (Phi) is 2.49. The van der Waals surface area contributed by atoms with E-state index in [0.29, 0.717) is 28.1 Å². The van der Waals surface area contributed by atoms with Gasteiger partial charge in [-0.25, -0.2) is 9.78 Å². The van der Waals surface area contributed by atoms with E-state index in [9.17, 15) is 9.90 Å². The molecule has 0 aliphatic carbocycles. The number of hydrogen-bond acceptors (Lipinski definition) is 4. The summed E-state index contributed by atoms with van der Waals surface area (Å²) in [6, 6.07) is 0. The van der Waals surface area contributed by atoms with Crippen molar-refractivity contribution in [2.45, 2.75) is 26.7 Å². The van der Waals surface area contributed by atoms with Crippen molar-refractivity contribution in [2.75, 3.05) is 5.73 Å². The molecule has 2 rings (SSSR count). The van der Waals surface area contributed by atoms with Gasteiger partial charge < -0.3 is 10.8 Å². The maximum atomic E-state index is 11.3. The zero-order valence-electron chi connectivity index (χ0n) is 9.90. The average Bonchev–Trinajstić information content (AvgIpc) is 2.57. The lowest BCUT2D eigenvalue weighted by atomic mass is 9.93. The van der Waals surface area contributed by atoms with Crippen LogP contribution >= 0.6 is 0 Å². The van der Waals surface area contributed by atoms with Crippen LogP contribution in [0.2, 0.25) is 0 Å². The summed E-state index contributed by atoms with van der Waals surface area (Å²) in [4.78, 5) is 15.5. The van der Waals surface area contributed by atoms with Crippen LogP contribution < -0.4 is 5.73 Å². The van der Waals surface area contributed by atoms with Crippen LogP contribution in [0.5, 0.6) is 0 Å². The summed E-state index contributed by atoms with van der Waals surface area (Å²) in [5.74, 6) is -0.593. The number of hydrogen-bond donors (Lipinski definition) is 3. The lowest BCUT2D eigenvalue weighted by molar-refractivity contribution is 0.0694. The number of fused-ring (bicyclic) bond motifs is 1. The van der Waals surface area contributed by atoms with Crippen LogP contribution in [0.25, 0.3) is 11.0 Å². The van der Waals surface area contributed by atoms with Gasteiger partial charge in [0.15, 0.2) is 5.65 Å². The Morgan fingerprint density at radius 3 is 2.65 bits per heavy atom. The molecular weight excluding hydrogens is 220 g/mol. The third-order valence-electron chi connectivity index (χ3n) is 2.74. The third-order valence-corrected chi connectivity index (χ3v) is 2.74. The van der Waals surface area contributed by atoms with Crippen molar-refractivity contribution in [1.29, 1.82) is 0 Å². The van der Waals surface area contributed by atoms with Gasteiger partial charge in [-0.3, -0.25) is 5.10 Å². The van der Waals surface area contributed by atoms with Gasteiger partial charge in [0, 0.05) is 0 Å². The number of aromatic carboxylic acids is 1. The highest BCUT2D eigenvalue weighted by molar-refractivity contribution is 6.00. The Labute approximate surface area is 97.9 Å². The van der Waals surface area contributed by atoms with Gasteiger partial charge in [0.1, 0.15) is 5.82 Å². The van der Waals surface area contributed by atoms with Gasteiger partial charge in [-0.15, -0.1) is 0 Å². The summed E-state index contributed by atoms with van der Waals surface area (Å²) in [5.41, 5.74) is 7.62. The molecule has 17 heavy (non-hydrogen) atoms. The molecule has 0 aliphatic heterocycles. The Bertz CT molecular complexity index is 601. The van der Waals surface area contributed by atoms with Crippen LogP contribution in [-0.2, 0) is 0 Å². The summed E-state index contributed by atoms with van der Waals surface area (Å²) in [7, 11) is 0. The lowest BCUT2D eigenvalue weighted by Gasteiger charge is -2.13. The zero-order chi connectivity index (χ0) is 12.7. The summed E-state index contributed by atoms with van der Waals surface area (Å²) < 4.78 is 0. The number of aromatic amines is 1. The first kappa shape index (κ1) is 11.4. The smallest absolute Gasteiger partial charge is 0.337 e. The van der Waals surface area contributed by atoms with Crippen molar-refractivity contribution < 1.29 is 9.90 Å². The summed E-state index contributed by atoms with van der Waals surface area (Å²) in [5, 5.41) is 16.5. The molecule has 0 bridgehead atoms. The van der Waals surface area contributed by atoms with E-state index in [-0.39, 0.29) is 11.5 Å². The van der Waals surface area contributed by atoms with Crippen molar-refractivity contribution >= 4 is 22.8 Å². The zero-order valence-corrected chi connectivity index (χ0v) is 9.90. The second-order valence-corrected chi connectivity index (χ2v) is 4.28. The number of H-pyrrole nitrogens is 1. The minimum atomic E-state index is -0.985. The van der Waals surface area contributed by atoms with Crippen molar-refractivity contribution in [3.05, 3.63) is 16.8 Å². The Morgan fingerprint density at radius 2 is 2.12 bits per heavy atom. The molecule has 0 aliphatic rings. The fourth-order valence-corrected chi connectivity index (χ4v) is 2.07. The molecular formula is C11H14N4O2. The molecule has 0 amide bonds. The second-order valence-electron chi connectivity index (χ2n) is 4.28. The Balaban J connectivity index is 2.97. The van der Waals surface area contributed by atoms with Gasteiger partial charge in [-0.2, -0.15) is 5.10 Å². The monoisotopic (exact) mass is 234 g/mol. The topological polar surface area (TPSA) is 105 Å². The molecule has 6 nitrogen and oxygen atoms in total. The molecule has 0 fully saturated rings. The number of aromatic nitrogens is 3. The standard InChI is InChI=1S/C11H14N4O2/c1-4(2)6-7(11(16)17)5(3)13-10-8(6)9(12)14-15-10/h4H,1-3H3,(H,16,17)(H3,12,13,14,15). The minimum Gasteiger partial charge on any atom is -0.478 e. The van der Waals surface area contributed by atoms with Gasteiger partial charge >= 0.3 is 5.97 Å². The molecule has 90 valence electrons. The number of rotatable bonds is 2. The van der Waals surface area contributed by atoms with Crippen LogP contribution in [0.3, 0.4) is 0 Å². The molecule has 0 saturated carbocycles. The predicted molar refractivity (Wildman–Crippen MR) is 64.1 cm³/mol. The molecule has 2 heterocycles. The number of pyridine rings is 1. The summed E-state index contributed by atoms with van der Waals surface area (Å²) >= 11 is 0. The number of nitrogens with two attached hydrogens (primary N) is 1. The number of nitrogens with zero attached hydrogens (tertiary/aromatic N) is 2. The Hall–Kier alpha value is -2.11. The number of carbonyl (C=O) groups is 1. The molecule has 0 spiro atoms. The van der Waals surface area contributed by atoms with Crippen LogP contribution in [-0.4, -0.2) is 26.3 Å². The van der Waals surface area contributed by atoms with Crippen LogP contribution in [0.1, 0.15) is 41.4 Å². The first-order valence-electron chi connectivity index (χ1n) is 5.30. The van der Waals surface area contributed by atoms with E-state index in [1.54, 1.807) is 6.92 Å². The quantitative estimate of drug-likeness (QED) is 0.733. The fourth-order valence-electron chi connectivity index (χ4n) is 2.07. The average molecular weight is 234 g/mol. The molecule has 0 radical (unpaired) electrons. The second kappa shape index (κ2) is 3.73. The number of carboxylic acid groups (broad SMARTS) is 1. The highest BCUT2D eigenvalue weighted by Crippen LogP contribution is 2.31. The number of nitrogens with one attached hydrogen (secondary N) is 1. The highest BCUT2D eigenvalue weighted by atomic mass is 16.4. The predicted octanol–water partition coefficient (Wildman–Crippen LogP) is 1.67. The fraction of sp³-hybridized carbons (Fsp3) is 0.364. The molecule has 0 aromatic carbocycles. The first-order valence-corrected chi connectivity index (χ1v) is 5.30. The number of carboxylic acids is 1. The van der Waals surface area contributed by atoms with Gasteiger partial charge in [0.05, 0.1) is 16.6 Å². The SMILES string of the molecule is Cc1nc2n[nH]c(N)c2c(C(C)C)c1C(=O)O. The van der Waals surface area contributed by atoms with E-state index in [4.69, 9.17) is 5.73 Å². The largest absolute Gasteiger partial charge is 0.478 e. The lowest BCUT2D eigenvalue weighted by Crippen LogP contribution is -2.09. The van der Waals surface area contributed by atoms with E-state index in [1.165, 1.54) is 0 Å². The molecule has 2 aromatic rings. The van der Waals surface area contributed by atoms with Crippen LogP contribution in [0, 0.1) is 6.92 Å². The Morgan fingerprint density at radius 1 is 1.47 bits per heavy atom. The van der Waals surface area contributed by atoms with Crippen LogP contribution in [0.4, 0.5) is 5.82 Å². The molecule has 6 heteroatoms. The van der Waals surface area contributed by atoms with E-state index in [1.807, 2.05) is 13.8 Å². The van der Waals surface area contributed by atoms with Gasteiger partial charge in [0.25, 0.3) is 0 Å². The van der Waals surface area contributed by atoms with Gasteiger partial charge in [-0.05, 0) is 18.4 Å². The van der Waals surface area contributed by atoms with Gasteiger partial charge in [-0.1, -0.05) is 13.8 Å². The number of aryl methyl sites for hydroxylation is 1. The van der Waals surface area contributed by atoms with Crippen LogP contribution in [0.15, 0.2) is 0 Å². The molecule has 2 aromatic heterocycles. The number of nitrogen functional groups attached to an aromatic ring is 1. The van der Waals surface area contributed by atoms with Crippen molar-refractivity contribution in [1.82, 2.24) is 15.2 Å². The van der Waals surface area contributed by atoms with Crippen molar-refractivity contribution in [3.8, 4) is 0 Å². The van der Waals surface area contributed by atoms with E-state index in [2.05, 4.69) is 15.2 Å². The molecule has 0 unspecified atom stereocenters. The maximum Gasteiger partial charge on any atom is 0.337 e. The van der Waals surface area contributed by atoms with Gasteiger partial charge in [0.2, 0.25) is 0 Å². The maximum absolute atomic E-state index is 11.3. The normalized spacial score (nSPS) is 11.3. The summed E-state index contributed by atoms with van der Waals surface area (Å²) in [6.07, 6.45) is 0. The highest BCUT2D eigenvalue weighted by Gasteiger charge is 2.23. The van der Waals surface area contributed by atoms with E-state index < -0.39 is 5.97 Å². The van der Waals surface area contributed by atoms with Crippen molar-refractivity contribution in [3.63, 3.8) is 0 Å². The van der Waals surface area contributed by atoms with E-state index in [0.717, 1.165) is 0 Å². The third kappa shape index (κ3) is 1.61. The van der Waals surface area contributed by atoms with Crippen molar-refractivity contribution in [2.24, 2.45) is 0 Å².